The van der Waals surface area contributed by atoms with Gasteiger partial charge in [-0.05, 0) is 49.8 Å². The molecule has 1 atom stereocenters. The van der Waals surface area contributed by atoms with E-state index < -0.39 is 17.2 Å². The number of aliphatic carboxylic acids is 1. The standard InChI is InChI=1S/C13H14ClFO2/c1-13(12(16)17,9-3-4-9)7-8-2-5-10(14)11(15)6-8/h2,5-6,9H,3-4,7H2,1H3,(H,16,17). The van der Waals surface area contributed by atoms with Crippen molar-refractivity contribution in [2.45, 2.75) is 26.2 Å². The number of carbonyl (C=O) groups is 1. The van der Waals surface area contributed by atoms with Crippen LogP contribution in [0.4, 0.5) is 4.39 Å². The van der Waals surface area contributed by atoms with E-state index in [-0.39, 0.29) is 10.9 Å². The Hall–Kier alpha value is -1.09. The van der Waals surface area contributed by atoms with Crippen molar-refractivity contribution < 1.29 is 14.3 Å². The average molecular weight is 257 g/mol. The van der Waals surface area contributed by atoms with Crippen LogP contribution in [0.15, 0.2) is 18.2 Å². The van der Waals surface area contributed by atoms with Gasteiger partial charge in [-0.2, -0.15) is 0 Å². The van der Waals surface area contributed by atoms with Gasteiger partial charge in [0.05, 0.1) is 10.4 Å². The zero-order valence-corrected chi connectivity index (χ0v) is 10.3. The molecule has 1 aliphatic carbocycles. The molecule has 4 heteroatoms. The summed E-state index contributed by atoms with van der Waals surface area (Å²) in [4.78, 5) is 11.3. The van der Waals surface area contributed by atoms with Crippen LogP contribution in [0, 0.1) is 17.2 Å². The quantitative estimate of drug-likeness (QED) is 0.895. The molecule has 17 heavy (non-hydrogen) atoms. The van der Waals surface area contributed by atoms with Crippen LogP contribution < -0.4 is 0 Å². The van der Waals surface area contributed by atoms with E-state index in [0.29, 0.717) is 12.0 Å². The fourth-order valence-corrected chi connectivity index (χ4v) is 2.31. The van der Waals surface area contributed by atoms with Gasteiger partial charge in [-0.15, -0.1) is 0 Å². The summed E-state index contributed by atoms with van der Waals surface area (Å²) < 4.78 is 13.3. The minimum atomic E-state index is -0.810. The van der Waals surface area contributed by atoms with Gasteiger partial charge in [-0.1, -0.05) is 17.7 Å². The summed E-state index contributed by atoms with van der Waals surface area (Å²) in [7, 11) is 0. The first-order valence-electron chi connectivity index (χ1n) is 5.61. The number of carboxylic acids is 1. The van der Waals surface area contributed by atoms with Gasteiger partial charge in [0, 0.05) is 0 Å². The highest BCUT2D eigenvalue weighted by atomic mass is 35.5. The van der Waals surface area contributed by atoms with Gasteiger partial charge in [0.2, 0.25) is 0 Å². The normalized spacial score (nSPS) is 18.8. The second kappa shape index (κ2) is 4.30. The number of carboxylic acid groups (broad SMARTS) is 1. The van der Waals surface area contributed by atoms with Gasteiger partial charge in [0.15, 0.2) is 0 Å². The minimum Gasteiger partial charge on any atom is -0.481 e. The second-order valence-electron chi connectivity index (χ2n) is 4.92. The molecule has 0 bridgehead atoms. The zero-order chi connectivity index (χ0) is 12.6. The molecule has 1 saturated carbocycles. The Morgan fingerprint density at radius 3 is 2.71 bits per heavy atom. The maximum Gasteiger partial charge on any atom is 0.309 e. The summed E-state index contributed by atoms with van der Waals surface area (Å²) in [5.74, 6) is -1.10. The number of hydrogen-bond donors (Lipinski definition) is 1. The monoisotopic (exact) mass is 256 g/mol. The summed E-state index contributed by atoms with van der Waals surface area (Å²) in [5, 5.41) is 9.38. The van der Waals surface area contributed by atoms with E-state index in [4.69, 9.17) is 11.6 Å². The molecule has 2 nitrogen and oxygen atoms in total. The molecule has 0 aliphatic heterocycles. The number of hydrogen-bond acceptors (Lipinski definition) is 1. The van der Waals surface area contributed by atoms with Crippen molar-refractivity contribution >= 4 is 17.6 Å². The molecule has 0 amide bonds. The van der Waals surface area contributed by atoms with Crippen LogP contribution in [0.1, 0.15) is 25.3 Å². The van der Waals surface area contributed by atoms with Crippen LogP contribution >= 0.6 is 11.6 Å². The lowest BCUT2D eigenvalue weighted by molar-refractivity contribution is -0.149. The third-order valence-corrected chi connectivity index (χ3v) is 3.83. The van der Waals surface area contributed by atoms with Gasteiger partial charge in [-0.3, -0.25) is 4.79 Å². The van der Waals surface area contributed by atoms with Gasteiger partial charge in [-0.25, -0.2) is 4.39 Å². The third kappa shape index (κ3) is 2.44. The Morgan fingerprint density at radius 1 is 1.59 bits per heavy atom. The molecule has 0 radical (unpaired) electrons. The summed E-state index contributed by atoms with van der Waals surface area (Å²) in [6.45, 7) is 1.74. The molecule has 1 aliphatic rings. The molecule has 1 N–H and O–H groups in total. The Balaban J connectivity index is 2.23. The lowest BCUT2D eigenvalue weighted by Crippen LogP contribution is -2.32. The lowest BCUT2D eigenvalue weighted by Gasteiger charge is -2.24. The number of rotatable bonds is 4. The lowest BCUT2D eigenvalue weighted by atomic mass is 9.79. The third-order valence-electron chi connectivity index (χ3n) is 3.52. The fraction of sp³-hybridized carbons (Fsp3) is 0.462. The van der Waals surface area contributed by atoms with E-state index >= 15 is 0 Å². The van der Waals surface area contributed by atoms with Crippen molar-refractivity contribution in [3.8, 4) is 0 Å². The Kier molecular flexibility index (Phi) is 3.13. The number of benzene rings is 1. The van der Waals surface area contributed by atoms with Gasteiger partial charge < -0.3 is 5.11 Å². The maximum absolute atomic E-state index is 13.3. The van der Waals surface area contributed by atoms with Crippen LogP contribution in [0.3, 0.4) is 0 Å². The number of halogens is 2. The fourth-order valence-electron chi connectivity index (χ4n) is 2.19. The van der Waals surface area contributed by atoms with Crippen molar-refractivity contribution in [2.75, 3.05) is 0 Å². The van der Waals surface area contributed by atoms with Crippen molar-refractivity contribution in [1.29, 1.82) is 0 Å². The molecule has 1 aromatic carbocycles. The largest absolute Gasteiger partial charge is 0.481 e. The predicted octanol–water partition coefficient (Wildman–Crippen LogP) is 3.52. The van der Waals surface area contributed by atoms with E-state index in [1.54, 1.807) is 13.0 Å². The van der Waals surface area contributed by atoms with Gasteiger partial charge >= 0.3 is 5.97 Å². The van der Waals surface area contributed by atoms with E-state index in [9.17, 15) is 14.3 Å². The van der Waals surface area contributed by atoms with Crippen LogP contribution in [0.25, 0.3) is 0 Å². The van der Waals surface area contributed by atoms with Crippen LogP contribution in [-0.4, -0.2) is 11.1 Å². The molecule has 0 aromatic heterocycles. The van der Waals surface area contributed by atoms with Crippen molar-refractivity contribution in [1.82, 2.24) is 0 Å². The van der Waals surface area contributed by atoms with Gasteiger partial charge in [0.1, 0.15) is 5.82 Å². The Morgan fingerprint density at radius 2 is 2.24 bits per heavy atom. The summed E-state index contributed by atoms with van der Waals surface area (Å²) in [6.07, 6.45) is 2.23. The molecular weight excluding hydrogens is 243 g/mol. The highest BCUT2D eigenvalue weighted by Gasteiger charge is 2.47. The Labute approximate surface area is 104 Å². The minimum absolute atomic E-state index is 0.0669. The topological polar surface area (TPSA) is 37.3 Å². The SMILES string of the molecule is CC(Cc1ccc(Cl)c(F)c1)(C(=O)O)C1CC1. The predicted molar refractivity (Wildman–Crippen MR) is 63.6 cm³/mol. The molecule has 1 fully saturated rings. The molecule has 0 heterocycles. The van der Waals surface area contributed by atoms with E-state index in [1.165, 1.54) is 12.1 Å². The summed E-state index contributed by atoms with van der Waals surface area (Å²) in [5.41, 5.74) is -0.107. The zero-order valence-electron chi connectivity index (χ0n) is 9.54. The van der Waals surface area contributed by atoms with E-state index in [0.717, 1.165) is 12.8 Å². The smallest absolute Gasteiger partial charge is 0.309 e. The van der Waals surface area contributed by atoms with Crippen molar-refractivity contribution in [3.05, 3.63) is 34.6 Å². The van der Waals surface area contributed by atoms with Crippen molar-refractivity contribution in [3.63, 3.8) is 0 Å². The summed E-state index contributed by atoms with van der Waals surface area (Å²) >= 11 is 5.60. The first kappa shape index (κ1) is 12.4. The highest BCUT2D eigenvalue weighted by Crippen LogP contribution is 2.47. The summed E-state index contributed by atoms with van der Waals surface area (Å²) in [6, 6.07) is 4.49. The first-order valence-corrected chi connectivity index (χ1v) is 5.98. The molecular formula is C13H14ClFO2. The molecule has 2 rings (SSSR count). The first-order chi connectivity index (χ1) is 7.93. The maximum atomic E-state index is 13.3. The molecule has 1 aromatic rings. The van der Waals surface area contributed by atoms with Crippen molar-refractivity contribution in [2.24, 2.45) is 11.3 Å². The van der Waals surface area contributed by atoms with E-state index in [1.807, 2.05) is 0 Å². The Bertz CT molecular complexity index is 457. The molecule has 0 spiro atoms. The molecule has 0 saturated heterocycles. The van der Waals surface area contributed by atoms with Gasteiger partial charge in [0.25, 0.3) is 0 Å². The van der Waals surface area contributed by atoms with Crippen LogP contribution in [0.5, 0.6) is 0 Å². The molecule has 92 valence electrons. The highest BCUT2D eigenvalue weighted by molar-refractivity contribution is 6.30. The second-order valence-corrected chi connectivity index (χ2v) is 5.33. The molecule has 1 unspecified atom stereocenters. The van der Waals surface area contributed by atoms with Crippen LogP contribution in [-0.2, 0) is 11.2 Å². The van der Waals surface area contributed by atoms with E-state index in [2.05, 4.69) is 0 Å². The van der Waals surface area contributed by atoms with Crippen LogP contribution in [0.2, 0.25) is 5.02 Å². The average Bonchev–Trinajstić information content (AvgIpc) is 3.07.